The standard InChI is InChI=1S/C14H15N3O5/c1-9(8-15)5-12(14(19)20)16-13(18)7-10-3-2-4-11(6-10)17(21)22/h2-4,6,9,12H,5,7H2,1H3,(H,16,18)(H,19,20)/t9-,12+/m0/s1. The number of carbonyl (C=O) groups excluding carboxylic acids is 1. The van der Waals surface area contributed by atoms with E-state index in [1.807, 2.05) is 6.07 Å². The van der Waals surface area contributed by atoms with Gasteiger partial charge in [0.15, 0.2) is 0 Å². The van der Waals surface area contributed by atoms with Crippen LogP contribution in [0.4, 0.5) is 5.69 Å². The number of nitriles is 1. The van der Waals surface area contributed by atoms with Crippen LogP contribution in [0.1, 0.15) is 18.9 Å². The first-order valence-electron chi connectivity index (χ1n) is 6.48. The lowest BCUT2D eigenvalue weighted by Gasteiger charge is -2.15. The van der Waals surface area contributed by atoms with Crippen LogP contribution in [0.25, 0.3) is 0 Å². The fraction of sp³-hybridized carbons (Fsp3) is 0.357. The number of nitro benzene ring substituents is 1. The Hall–Kier alpha value is -2.95. The Kier molecular flexibility index (Phi) is 6.01. The van der Waals surface area contributed by atoms with Gasteiger partial charge in [-0.2, -0.15) is 5.26 Å². The first kappa shape index (κ1) is 17.1. The van der Waals surface area contributed by atoms with Crippen molar-refractivity contribution >= 4 is 17.6 Å². The summed E-state index contributed by atoms with van der Waals surface area (Å²) in [5.41, 5.74) is 0.266. The third kappa shape index (κ3) is 5.20. The normalized spacial score (nSPS) is 12.7. The number of nitrogens with one attached hydrogen (secondary N) is 1. The highest BCUT2D eigenvalue weighted by Crippen LogP contribution is 2.13. The summed E-state index contributed by atoms with van der Waals surface area (Å²) >= 11 is 0. The Balaban J connectivity index is 2.71. The number of hydrogen-bond acceptors (Lipinski definition) is 5. The predicted octanol–water partition coefficient (Wildman–Crippen LogP) is 1.26. The van der Waals surface area contributed by atoms with E-state index in [-0.39, 0.29) is 18.5 Å². The maximum Gasteiger partial charge on any atom is 0.326 e. The molecule has 0 unspecified atom stereocenters. The highest BCUT2D eigenvalue weighted by atomic mass is 16.6. The minimum Gasteiger partial charge on any atom is -0.480 e. The Morgan fingerprint density at radius 3 is 2.73 bits per heavy atom. The van der Waals surface area contributed by atoms with Gasteiger partial charge in [0, 0.05) is 18.1 Å². The van der Waals surface area contributed by atoms with Gasteiger partial charge in [-0.3, -0.25) is 14.9 Å². The van der Waals surface area contributed by atoms with Crippen LogP contribution >= 0.6 is 0 Å². The summed E-state index contributed by atoms with van der Waals surface area (Å²) in [6, 6.07) is 6.29. The maximum absolute atomic E-state index is 11.9. The lowest BCUT2D eigenvalue weighted by Crippen LogP contribution is -2.42. The van der Waals surface area contributed by atoms with E-state index >= 15 is 0 Å². The van der Waals surface area contributed by atoms with Gasteiger partial charge in [-0.15, -0.1) is 0 Å². The van der Waals surface area contributed by atoms with Gasteiger partial charge in [0.1, 0.15) is 6.04 Å². The quantitative estimate of drug-likeness (QED) is 0.575. The van der Waals surface area contributed by atoms with Crippen molar-refractivity contribution in [1.29, 1.82) is 5.26 Å². The molecule has 0 aliphatic rings. The van der Waals surface area contributed by atoms with Gasteiger partial charge in [0.25, 0.3) is 5.69 Å². The Bertz CT molecular complexity index is 623. The lowest BCUT2D eigenvalue weighted by atomic mass is 10.0. The van der Waals surface area contributed by atoms with Crippen LogP contribution in [-0.4, -0.2) is 27.9 Å². The summed E-state index contributed by atoms with van der Waals surface area (Å²) < 4.78 is 0. The monoisotopic (exact) mass is 305 g/mol. The second-order valence-corrected chi connectivity index (χ2v) is 4.83. The van der Waals surface area contributed by atoms with Crippen molar-refractivity contribution < 1.29 is 19.6 Å². The molecule has 0 heterocycles. The van der Waals surface area contributed by atoms with Gasteiger partial charge < -0.3 is 10.4 Å². The van der Waals surface area contributed by atoms with Crippen LogP contribution in [0.3, 0.4) is 0 Å². The number of aliphatic carboxylic acids is 1. The summed E-state index contributed by atoms with van der Waals surface area (Å²) in [5.74, 6) is -2.31. The van der Waals surface area contributed by atoms with Crippen molar-refractivity contribution in [2.45, 2.75) is 25.8 Å². The molecule has 0 saturated carbocycles. The predicted molar refractivity (Wildman–Crippen MR) is 75.8 cm³/mol. The molecule has 0 bridgehead atoms. The molecule has 8 nitrogen and oxygen atoms in total. The number of non-ortho nitro benzene ring substituents is 1. The number of rotatable bonds is 7. The molecule has 2 N–H and O–H groups in total. The molecule has 0 radical (unpaired) electrons. The lowest BCUT2D eigenvalue weighted by molar-refractivity contribution is -0.384. The van der Waals surface area contributed by atoms with Gasteiger partial charge >= 0.3 is 5.97 Å². The molecule has 1 rings (SSSR count). The van der Waals surface area contributed by atoms with Gasteiger partial charge in [0.05, 0.1) is 17.4 Å². The zero-order valence-corrected chi connectivity index (χ0v) is 11.9. The van der Waals surface area contributed by atoms with E-state index in [1.54, 1.807) is 13.0 Å². The van der Waals surface area contributed by atoms with E-state index in [0.29, 0.717) is 5.56 Å². The minimum atomic E-state index is -1.23. The van der Waals surface area contributed by atoms with Crippen molar-refractivity contribution in [3.8, 4) is 6.07 Å². The molecule has 116 valence electrons. The molecule has 8 heteroatoms. The number of carboxylic acids is 1. The summed E-state index contributed by atoms with van der Waals surface area (Å²) in [4.78, 5) is 33.0. The van der Waals surface area contributed by atoms with Gasteiger partial charge in [0.2, 0.25) is 5.91 Å². The highest BCUT2D eigenvalue weighted by molar-refractivity contribution is 5.84. The SMILES string of the molecule is C[C@H](C#N)C[C@@H](NC(=O)Cc1cccc([N+](=O)[O-])c1)C(=O)O. The van der Waals surface area contributed by atoms with Crippen LogP contribution in [0.2, 0.25) is 0 Å². The zero-order chi connectivity index (χ0) is 16.7. The van der Waals surface area contributed by atoms with E-state index < -0.39 is 28.8 Å². The average Bonchev–Trinajstić information content (AvgIpc) is 2.46. The second kappa shape index (κ2) is 7.73. The van der Waals surface area contributed by atoms with Crippen LogP contribution < -0.4 is 5.32 Å². The molecule has 0 saturated heterocycles. The third-order valence-electron chi connectivity index (χ3n) is 2.93. The Labute approximate surface area is 126 Å². The van der Waals surface area contributed by atoms with E-state index in [1.165, 1.54) is 18.2 Å². The van der Waals surface area contributed by atoms with E-state index in [0.717, 1.165) is 0 Å². The largest absolute Gasteiger partial charge is 0.480 e. The highest BCUT2D eigenvalue weighted by Gasteiger charge is 2.22. The van der Waals surface area contributed by atoms with Gasteiger partial charge in [-0.05, 0) is 18.9 Å². The smallest absolute Gasteiger partial charge is 0.326 e. The molecule has 1 aromatic rings. The van der Waals surface area contributed by atoms with E-state index in [9.17, 15) is 19.7 Å². The molecule has 2 atom stereocenters. The molecule has 1 amide bonds. The molecular formula is C14H15N3O5. The zero-order valence-electron chi connectivity index (χ0n) is 11.9. The van der Waals surface area contributed by atoms with E-state index in [2.05, 4.69) is 5.32 Å². The van der Waals surface area contributed by atoms with Crippen molar-refractivity contribution in [1.82, 2.24) is 5.32 Å². The Morgan fingerprint density at radius 2 is 2.18 bits per heavy atom. The second-order valence-electron chi connectivity index (χ2n) is 4.83. The van der Waals surface area contributed by atoms with Crippen LogP contribution in [-0.2, 0) is 16.0 Å². The molecule has 0 aliphatic carbocycles. The third-order valence-corrected chi connectivity index (χ3v) is 2.93. The van der Waals surface area contributed by atoms with Crippen molar-refractivity contribution in [2.24, 2.45) is 5.92 Å². The summed E-state index contributed by atoms with van der Waals surface area (Å²) in [5, 5.41) is 30.7. The number of benzene rings is 1. The molecule has 22 heavy (non-hydrogen) atoms. The van der Waals surface area contributed by atoms with Crippen molar-refractivity contribution in [3.05, 3.63) is 39.9 Å². The number of nitro groups is 1. The number of amides is 1. The average molecular weight is 305 g/mol. The first-order chi connectivity index (χ1) is 10.3. The fourth-order valence-corrected chi connectivity index (χ4v) is 1.84. The Morgan fingerprint density at radius 1 is 1.50 bits per heavy atom. The molecule has 0 spiro atoms. The topological polar surface area (TPSA) is 133 Å². The van der Waals surface area contributed by atoms with Crippen molar-refractivity contribution in [3.63, 3.8) is 0 Å². The van der Waals surface area contributed by atoms with Crippen LogP contribution in [0.15, 0.2) is 24.3 Å². The molecule has 0 aliphatic heterocycles. The molecule has 0 fully saturated rings. The minimum absolute atomic E-state index is 0.00743. The van der Waals surface area contributed by atoms with Crippen molar-refractivity contribution in [2.75, 3.05) is 0 Å². The summed E-state index contributed by atoms with van der Waals surface area (Å²) in [6.45, 7) is 1.56. The fourth-order valence-electron chi connectivity index (χ4n) is 1.84. The van der Waals surface area contributed by atoms with E-state index in [4.69, 9.17) is 10.4 Å². The van der Waals surface area contributed by atoms with Crippen LogP contribution in [0.5, 0.6) is 0 Å². The molecular weight excluding hydrogens is 290 g/mol. The number of nitrogens with zero attached hydrogens (tertiary/aromatic N) is 2. The van der Waals surface area contributed by atoms with Gasteiger partial charge in [-0.1, -0.05) is 12.1 Å². The summed E-state index contributed by atoms with van der Waals surface area (Å²) in [6.07, 6.45) is -0.182. The molecule has 0 aromatic heterocycles. The number of carboxylic acid groups (broad SMARTS) is 1. The van der Waals surface area contributed by atoms with Crippen LogP contribution in [0, 0.1) is 27.4 Å². The number of hydrogen-bond donors (Lipinski definition) is 2. The van der Waals surface area contributed by atoms with Gasteiger partial charge in [-0.25, -0.2) is 4.79 Å². The maximum atomic E-state index is 11.9. The first-order valence-corrected chi connectivity index (χ1v) is 6.48. The molecule has 1 aromatic carbocycles. The number of carbonyl (C=O) groups is 2. The summed E-state index contributed by atoms with van der Waals surface area (Å²) in [7, 11) is 0.